The van der Waals surface area contributed by atoms with Gasteiger partial charge in [-0.3, -0.25) is 9.48 Å². The Hall–Kier alpha value is -2.83. The average molecular weight is 345 g/mol. The van der Waals surface area contributed by atoms with Crippen molar-refractivity contribution in [2.75, 3.05) is 11.9 Å². The summed E-state index contributed by atoms with van der Waals surface area (Å²) in [6.45, 7) is 5.37. The Morgan fingerprint density at radius 3 is 2.68 bits per heavy atom. The highest BCUT2D eigenvalue weighted by Crippen LogP contribution is 2.20. The van der Waals surface area contributed by atoms with Crippen LogP contribution in [0.1, 0.15) is 23.9 Å². The summed E-state index contributed by atoms with van der Waals surface area (Å²) in [6.07, 6.45) is 0.604. The zero-order valence-corrected chi connectivity index (χ0v) is 14.9. The quantitative estimate of drug-likeness (QED) is 0.803. The van der Waals surface area contributed by atoms with Crippen LogP contribution in [-0.4, -0.2) is 33.4 Å². The summed E-state index contributed by atoms with van der Waals surface area (Å²) < 4.78 is 6.94. The number of amides is 1. The monoisotopic (exact) mass is 345 g/mol. The van der Waals surface area contributed by atoms with E-state index in [-0.39, 0.29) is 11.8 Å². The first-order valence-electron chi connectivity index (χ1n) is 8.02. The number of carboxylic acid groups (broad SMARTS) is 1. The van der Waals surface area contributed by atoms with E-state index in [1.807, 2.05) is 32.5 Å². The lowest BCUT2D eigenvalue weighted by Gasteiger charge is -2.13. The number of benzene rings is 1. The molecule has 0 bridgehead atoms. The third kappa shape index (κ3) is 4.82. The fraction of sp³-hybridized carbons (Fsp3) is 0.389. The van der Waals surface area contributed by atoms with Gasteiger partial charge in [-0.05, 0) is 38.0 Å². The van der Waals surface area contributed by atoms with Crippen LogP contribution in [0.3, 0.4) is 0 Å². The standard InChI is InChI=1S/C18H23N3O4/c1-11(8-16-12(2)20-21(4)13(16)3)18(24)19-14-6-5-7-15(9-14)25-10-17(22)23/h5-7,9,11H,8,10H2,1-4H3,(H,19,24)(H,22,23). The summed E-state index contributed by atoms with van der Waals surface area (Å²) in [5.41, 5.74) is 3.65. The molecule has 0 radical (unpaired) electrons. The van der Waals surface area contributed by atoms with Crippen molar-refractivity contribution < 1.29 is 19.4 Å². The van der Waals surface area contributed by atoms with Crippen LogP contribution >= 0.6 is 0 Å². The van der Waals surface area contributed by atoms with Crippen LogP contribution in [-0.2, 0) is 23.1 Å². The topological polar surface area (TPSA) is 93.5 Å². The lowest BCUT2D eigenvalue weighted by atomic mass is 9.99. The van der Waals surface area contributed by atoms with Gasteiger partial charge in [0.25, 0.3) is 0 Å². The van der Waals surface area contributed by atoms with E-state index in [2.05, 4.69) is 10.4 Å². The van der Waals surface area contributed by atoms with Crippen LogP contribution in [0.4, 0.5) is 5.69 Å². The number of carboxylic acids is 1. The van der Waals surface area contributed by atoms with Gasteiger partial charge in [0.15, 0.2) is 6.61 Å². The van der Waals surface area contributed by atoms with E-state index in [1.54, 1.807) is 24.3 Å². The number of aryl methyl sites for hydroxylation is 2. The van der Waals surface area contributed by atoms with Gasteiger partial charge in [-0.25, -0.2) is 4.79 Å². The highest BCUT2D eigenvalue weighted by atomic mass is 16.5. The number of anilines is 1. The number of nitrogens with one attached hydrogen (secondary N) is 1. The number of hydrogen-bond donors (Lipinski definition) is 2. The molecule has 25 heavy (non-hydrogen) atoms. The van der Waals surface area contributed by atoms with Gasteiger partial charge < -0.3 is 15.2 Å². The molecule has 0 aliphatic heterocycles. The zero-order chi connectivity index (χ0) is 18.6. The van der Waals surface area contributed by atoms with Crippen molar-refractivity contribution in [1.82, 2.24) is 9.78 Å². The molecule has 0 saturated heterocycles. The summed E-state index contributed by atoms with van der Waals surface area (Å²) in [5.74, 6) is -1.000. The number of ether oxygens (including phenoxy) is 1. The van der Waals surface area contributed by atoms with Crippen molar-refractivity contribution in [2.45, 2.75) is 27.2 Å². The number of hydrogen-bond acceptors (Lipinski definition) is 4. The molecule has 1 aromatic carbocycles. The van der Waals surface area contributed by atoms with E-state index in [4.69, 9.17) is 9.84 Å². The van der Waals surface area contributed by atoms with Gasteiger partial charge in [-0.2, -0.15) is 5.10 Å². The first-order valence-corrected chi connectivity index (χ1v) is 8.02. The maximum atomic E-state index is 12.5. The Morgan fingerprint density at radius 2 is 2.08 bits per heavy atom. The van der Waals surface area contributed by atoms with Crippen LogP contribution in [0.15, 0.2) is 24.3 Å². The summed E-state index contributed by atoms with van der Waals surface area (Å²) in [5, 5.41) is 15.9. The number of carbonyl (C=O) groups excluding carboxylic acids is 1. The second-order valence-corrected chi connectivity index (χ2v) is 6.08. The van der Waals surface area contributed by atoms with Crippen LogP contribution in [0.2, 0.25) is 0 Å². The second kappa shape index (κ2) is 7.83. The molecule has 1 atom stereocenters. The minimum absolute atomic E-state index is 0.113. The molecule has 0 spiro atoms. The number of aromatic nitrogens is 2. The molecule has 0 aliphatic carbocycles. The summed E-state index contributed by atoms with van der Waals surface area (Å²) in [7, 11) is 1.89. The molecule has 0 aliphatic rings. The third-order valence-corrected chi connectivity index (χ3v) is 4.08. The van der Waals surface area contributed by atoms with Crippen molar-refractivity contribution in [3.8, 4) is 5.75 Å². The van der Waals surface area contributed by atoms with Gasteiger partial charge in [0.1, 0.15) is 5.75 Å². The molecule has 0 fully saturated rings. The van der Waals surface area contributed by atoms with Crippen molar-refractivity contribution in [3.05, 3.63) is 41.2 Å². The van der Waals surface area contributed by atoms with E-state index in [1.165, 1.54) is 0 Å². The highest BCUT2D eigenvalue weighted by molar-refractivity contribution is 5.92. The number of carbonyl (C=O) groups is 2. The smallest absolute Gasteiger partial charge is 0.341 e. The Labute approximate surface area is 146 Å². The van der Waals surface area contributed by atoms with Crippen LogP contribution in [0.5, 0.6) is 5.75 Å². The molecule has 7 heteroatoms. The van der Waals surface area contributed by atoms with Crippen LogP contribution < -0.4 is 10.1 Å². The largest absolute Gasteiger partial charge is 0.482 e. The molecule has 1 amide bonds. The third-order valence-electron chi connectivity index (χ3n) is 4.08. The van der Waals surface area contributed by atoms with E-state index in [9.17, 15) is 9.59 Å². The number of nitrogens with zero attached hydrogens (tertiary/aromatic N) is 2. The first kappa shape index (κ1) is 18.5. The number of rotatable bonds is 7. The normalized spacial score (nSPS) is 11.8. The Morgan fingerprint density at radius 1 is 1.36 bits per heavy atom. The first-order chi connectivity index (χ1) is 11.8. The minimum Gasteiger partial charge on any atom is -0.482 e. The molecule has 0 saturated carbocycles. The second-order valence-electron chi connectivity index (χ2n) is 6.08. The maximum absolute atomic E-state index is 12.5. The minimum atomic E-state index is -1.05. The van der Waals surface area contributed by atoms with Crippen molar-refractivity contribution in [2.24, 2.45) is 13.0 Å². The molecule has 1 heterocycles. The van der Waals surface area contributed by atoms with E-state index < -0.39 is 12.6 Å². The molecule has 1 unspecified atom stereocenters. The van der Waals surface area contributed by atoms with E-state index in [0.29, 0.717) is 17.9 Å². The number of aliphatic carboxylic acids is 1. The van der Waals surface area contributed by atoms with E-state index >= 15 is 0 Å². The van der Waals surface area contributed by atoms with Gasteiger partial charge in [-0.15, -0.1) is 0 Å². The van der Waals surface area contributed by atoms with Gasteiger partial charge in [0.05, 0.1) is 5.69 Å². The summed E-state index contributed by atoms with van der Waals surface area (Å²) in [4.78, 5) is 23.0. The highest BCUT2D eigenvalue weighted by Gasteiger charge is 2.18. The van der Waals surface area contributed by atoms with Gasteiger partial charge in [-0.1, -0.05) is 13.0 Å². The lowest BCUT2D eigenvalue weighted by molar-refractivity contribution is -0.139. The SMILES string of the molecule is Cc1nn(C)c(C)c1CC(C)C(=O)Nc1cccc(OCC(=O)O)c1. The lowest BCUT2D eigenvalue weighted by Crippen LogP contribution is -2.22. The van der Waals surface area contributed by atoms with E-state index in [0.717, 1.165) is 17.0 Å². The molecule has 2 N–H and O–H groups in total. The molecular weight excluding hydrogens is 322 g/mol. The van der Waals surface area contributed by atoms with Crippen molar-refractivity contribution in [1.29, 1.82) is 0 Å². The molecule has 2 aromatic rings. The Balaban J connectivity index is 2.01. The molecule has 2 rings (SSSR count). The zero-order valence-electron chi connectivity index (χ0n) is 14.9. The van der Waals surface area contributed by atoms with Crippen molar-refractivity contribution >= 4 is 17.6 Å². The molecular formula is C18H23N3O4. The average Bonchev–Trinajstić information content (AvgIpc) is 2.79. The van der Waals surface area contributed by atoms with Crippen LogP contribution in [0.25, 0.3) is 0 Å². The molecule has 134 valence electrons. The van der Waals surface area contributed by atoms with Gasteiger partial charge in [0.2, 0.25) is 5.91 Å². The molecule has 7 nitrogen and oxygen atoms in total. The predicted octanol–water partition coefficient (Wildman–Crippen LogP) is 2.32. The Kier molecular flexibility index (Phi) is 5.80. The Bertz CT molecular complexity index is 783. The van der Waals surface area contributed by atoms with Crippen molar-refractivity contribution in [3.63, 3.8) is 0 Å². The van der Waals surface area contributed by atoms with Gasteiger partial charge in [0, 0.05) is 30.4 Å². The molecule has 1 aromatic heterocycles. The maximum Gasteiger partial charge on any atom is 0.341 e. The predicted molar refractivity (Wildman–Crippen MR) is 93.8 cm³/mol. The summed E-state index contributed by atoms with van der Waals surface area (Å²) >= 11 is 0. The summed E-state index contributed by atoms with van der Waals surface area (Å²) in [6, 6.07) is 6.68. The fourth-order valence-corrected chi connectivity index (χ4v) is 2.59. The van der Waals surface area contributed by atoms with Gasteiger partial charge >= 0.3 is 5.97 Å². The fourth-order valence-electron chi connectivity index (χ4n) is 2.59. The van der Waals surface area contributed by atoms with Crippen LogP contribution in [0, 0.1) is 19.8 Å².